The van der Waals surface area contributed by atoms with E-state index in [2.05, 4.69) is 0 Å². The Balaban J connectivity index is -0.000000352. The number of hydrogen-bond donors (Lipinski definition) is 1. The normalized spacial score (nSPS) is 13.4. The van der Waals surface area contributed by atoms with Crippen LogP contribution in [0.2, 0.25) is 0 Å². The maximum absolute atomic E-state index is 11.6. The van der Waals surface area contributed by atoms with Gasteiger partial charge in [-0.3, -0.25) is 4.55 Å². The van der Waals surface area contributed by atoms with Crippen LogP contribution in [0, 0.1) is 6.43 Å². The zero-order valence-corrected chi connectivity index (χ0v) is 12.6. The molecule has 0 rings (SSSR count). The van der Waals surface area contributed by atoms with Crippen LogP contribution in [0.3, 0.4) is 0 Å². The third kappa shape index (κ3) is 7.33. The van der Waals surface area contributed by atoms with Crippen molar-refractivity contribution in [3.05, 3.63) is 6.43 Å². The average molecular weight is 352 g/mol. The third-order valence-electron chi connectivity index (χ3n) is 1.35. The number of halogens is 9. The fourth-order valence-corrected chi connectivity index (χ4v) is 0.297. The third-order valence-corrected chi connectivity index (χ3v) is 2.08. The molecule has 0 saturated heterocycles. The SMILES string of the molecule is CCS(=O)(=O)O.F[C-](F)C(F)(F)C(F)(F)C(F)(F)F.[Na+]. The van der Waals surface area contributed by atoms with E-state index in [-0.39, 0.29) is 35.3 Å². The van der Waals surface area contributed by atoms with Gasteiger partial charge in [-0.2, -0.15) is 30.4 Å². The smallest absolute Gasteiger partial charge is 0.415 e. The summed E-state index contributed by atoms with van der Waals surface area (Å²) >= 11 is 0. The van der Waals surface area contributed by atoms with Gasteiger partial charge in [0, 0.05) is 0 Å². The van der Waals surface area contributed by atoms with Crippen molar-refractivity contribution in [1.82, 2.24) is 0 Å². The first-order valence-electron chi connectivity index (χ1n) is 3.96. The van der Waals surface area contributed by atoms with E-state index in [1.54, 1.807) is 0 Å². The molecule has 0 aliphatic rings. The summed E-state index contributed by atoms with van der Waals surface area (Å²) in [5.74, 6) is -13.5. The Hall–Kier alpha value is 0.280. The summed E-state index contributed by atoms with van der Waals surface area (Å²) in [6.07, 6.45) is -11.0. The Morgan fingerprint density at radius 3 is 1.30 bits per heavy atom. The van der Waals surface area contributed by atoms with Crippen LogP contribution in [0.15, 0.2) is 0 Å². The van der Waals surface area contributed by atoms with Gasteiger partial charge in [-0.05, 0) is 6.92 Å². The summed E-state index contributed by atoms with van der Waals surface area (Å²) in [6.45, 7) is 1.37. The van der Waals surface area contributed by atoms with E-state index in [0.29, 0.717) is 0 Å². The van der Waals surface area contributed by atoms with Crippen LogP contribution in [-0.4, -0.2) is 36.7 Å². The van der Waals surface area contributed by atoms with Crippen molar-refractivity contribution in [3.63, 3.8) is 0 Å². The summed E-state index contributed by atoms with van der Waals surface area (Å²) in [6, 6.07) is 0. The minimum absolute atomic E-state index is 0. The number of alkyl halides is 7. The Morgan fingerprint density at radius 1 is 1.00 bits per heavy atom. The monoisotopic (exact) mass is 352 g/mol. The van der Waals surface area contributed by atoms with Crippen molar-refractivity contribution >= 4 is 10.1 Å². The van der Waals surface area contributed by atoms with E-state index in [1.807, 2.05) is 0 Å². The van der Waals surface area contributed by atoms with Gasteiger partial charge in [0.15, 0.2) is 0 Å². The molecule has 0 aromatic rings. The van der Waals surface area contributed by atoms with Gasteiger partial charge in [-0.15, -0.1) is 0 Å². The van der Waals surface area contributed by atoms with E-state index in [0.717, 1.165) is 0 Å². The summed E-state index contributed by atoms with van der Waals surface area (Å²) < 4.78 is 129. The topological polar surface area (TPSA) is 54.4 Å². The quantitative estimate of drug-likeness (QED) is 0.341. The Bertz CT molecular complexity index is 378. The first-order valence-corrected chi connectivity index (χ1v) is 5.57. The van der Waals surface area contributed by atoms with Crippen molar-refractivity contribution in [2.75, 3.05) is 5.75 Å². The van der Waals surface area contributed by atoms with Crippen molar-refractivity contribution in [1.29, 1.82) is 0 Å². The zero-order valence-electron chi connectivity index (χ0n) is 9.78. The second-order valence-electron chi connectivity index (χ2n) is 2.78. The van der Waals surface area contributed by atoms with Gasteiger partial charge in [-0.1, -0.05) is 0 Å². The van der Waals surface area contributed by atoms with E-state index in [4.69, 9.17) is 4.55 Å². The van der Waals surface area contributed by atoms with Crippen LogP contribution in [0.4, 0.5) is 39.5 Å². The zero-order chi connectivity index (χ0) is 16.3. The molecule has 0 atom stereocenters. The Labute approximate surface area is 129 Å². The van der Waals surface area contributed by atoms with Crippen LogP contribution < -0.4 is 29.6 Å². The summed E-state index contributed by atoms with van der Waals surface area (Å²) in [7, 11) is -3.66. The van der Waals surface area contributed by atoms with Gasteiger partial charge in [0.1, 0.15) is 0 Å². The predicted octanol–water partition coefficient (Wildman–Crippen LogP) is 0.146. The van der Waals surface area contributed by atoms with E-state index in [1.165, 1.54) is 6.92 Å². The van der Waals surface area contributed by atoms with Crippen LogP contribution in [-0.2, 0) is 10.1 Å². The molecule has 0 aliphatic heterocycles. The minimum atomic E-state index is -6.77. The second kappa shape index (κ2) is 8.06. The predicted molar refractivity (Wildman–Crippen MR) is 43.5 cm³/mol. The molecule has 0 unspecified atom stereocenters. The van der Waals surface area contributed by atoms with Crippen molar-refractivity contribution in [3.8, 4) is 0 Å². The first kappa shape index (κ1) is 25.2. The molecular weight excluding hydrogens is 346 g/mol. The van der Waals surface area contributed by atoms with Gasteiger partial charge in [0.05, 0.1) is 12.2 Å². The summed E-state index contributed by atoms with van der Waals surface area (Å²) in [4.78, 5) is 0. The molecule has 0 saturated carbocycles. The Morgan fingerprint density at radius 2 is 1.25 bits per heavy atom. The summed E-state index contributed by atoms with van der Waals surface area (Å²) in [5, 5.41) is 0. The molecule has 0 bridgehead atoms. The van der Waals surface area contributed by atoms with Crippen LogP contribution in [0.25, 0.3) is 0 Å². The molecule has 0 heterocycles. The summed E-state index contributed by atoms with van der Waals surface area (Å²) in [5.41, 5.74) is 0. The standard InChI is InChI=1S/C4F9.C2H6O3S.Na/c5-1(6)2(7,8)3(9,10)4(11,12)13;1-2-6(3,4)5;/h;2H2,1H3,(H,3,4,5);/q-1;;+1. The van der Waals surface area contributed by atoms with Crippen LogP contribution in [0.5, 0.6) is 0 Å². The molecule has 0 amide bonds. The number of rotatable bonds is 3. The van der Waals surface area contributed by atoms with Gasteiger partial charge < -0.3 is 8.78 Å². The van der Waals surface area contributed by atoms with Crippen LogP contribution >= 0.6 is 0 Å². The molecule has 3 nitrogen and oxygen atoms in total. The second-order valence-corrected chi connectivity index (χ2v) is 4.52. The van der Waals surface area contributed by atoms with E-state index >= 15 is 0 Å². The van der Waals surface area contributed by atoms with E-state index in [9.17, 15) is 47.9 Å². The molecule has 118 valence electrons. The van der Waals surface area contributed by atoms with Crippen molar-refractivity contribution in [2.24, 2.45) is 0 Å². The van der Waals surface area contributed by atoms with Gasteiger partial charge >= 0.3 is 41.7 Å². The maximum Gasteiger partial charge on any atom is 1.00 e. The molecule has 0 aromatic carbocycles. The molecule has 0 aromatic heterocycles. The average Bonchev–Trinajstić information content (AvgIpc) is 2.15. The molecule has 0 radical (unpaired) electrons. The molecule has 0 spiro atoms. The van der Waals surface area contributed by atoms with Crippen LogP contribution in [0.1, 0.15) is 6.92 Å². The Kier molecular flexibility index (Phi) is 10.2. The first-order chi connectivity index (χ1) is 8.00. The number of hydrogen-bond acceptors (Lipinski definition) is 2. The maximum atomic E-state index is 11.6. The molecule has 1 N–H and O–H groups in total. The molecule has 0 aliphatic carbocycles. The molecule has 20 heavy (non-hydrogen) atoms. The fraction of sp³-hybridized carbons (Fsp3) is 0.833. The minimum Gasteiger partial charge on any atom is -0.415 e. The van der Waals surface area contributed by atoms with Gasteiger partial charge in [0.2, 0.25) is 0 Å². The van der Waals surface area contributed by atoms with E-state index < -0.39 is 34.6 Å². The van der Waals surface area contributed by atoms with Crippen molar-refractivity contribution in [2.45, 2.75) is 24.9 Å². The molecule has 14 heteroatoms. The molecule has 0 fully saturated rings. The fourth-order valence-electron chi connectivity index (χ4n) is 0.297. The largest absolute Gasteiger partial charge is 1.00 e. The van der Waals surface area contributed by atoms with Gasteiger partial charge in [0.25, 0.3) is 16.0 Å². The molecular formula is C6H6F9NaO3S. The van der Waals surface area contributed by atoms with Gasteiger partial charge in [-0.25, -0.2) is 8.78 Å². The van der Waals surface area contributed by atoms with Crippen molar-refractivity contribution < 1.29 is 82.0 Å².